The maximum absolute atomic E-state index is 12.4. The number of phenols is 1. The Morgan fingerprint density at radius 3 is 2.68 bits per heavy atom. The molecule has 1 aliphatic rings. The molecule has 1 saturated heterocycles. The van der Waals surface area contributed by atoms with E-state index in [-0.39, 0.29) is 24.0 Å². The van der Waals surface area contributed by atoms with Gasteiger partial charge in [-0.1, -0.05) is 12.1 Å². The van der Waals surface area contributed by atoms with E-state index in [1.165, 1.54) is 12.1 Å². The highest BCUT2D eigenvalue weighted by Crippen LogP contribution is 2.28. The molecule has 1 heterocycles. The summed E-state index contributed by atoms with van der Waals surface area (Å²) in [7, 11) is 3.17. The number of hydrogen-bond acceptors (Lipinski definition) is 5. The molecule has 7 heteroatoms. The van der Waals surface area contributed by atoms with E-state index in [1.54, 1.807) is 31.3 Å². The number of phenolic OH excluding ortho intramolecular Hbond substituents is 1. The molecule has 0 saturated carbocycles. The quantitative estimate of drug-likeness (QED) is 0.766. The van der Waals surface area contributed by atoms with Crippen molar-refractivity contribution < 1.29 is 24.2 Å². The number of carbonyl (C=O) groups excluding carboxylic acids is 2. The number of nitrogens with one attached hydrogen (secondary N) is 1. The second-order valence-corrected chi connectivity index (χ2v) is 6.72. The predicted octanol–water partition coefficient (Wildman–Crippen LogP) is 2.44. The Labute approximate surface area is 163 Å². The molecule has 0 unspecified atom stereocenters. The van der Waals surface area contributed by atoms with E-state index < -0.39 is 5.92 Å². The molecule has 2 aromatic carbocycles. The van der Waals surface area contributed by atoms with Crippen molar-refractivity contribution in [2.75, 3.05) is 32.6 Å². The highest BCUT2D eigenvalue weighted by atomic mass is 16.5. The highest BCUT2D eigenvalue weighted by Gasteiger charge is 2.34. The number of carbonyl (C=O) groups is 2. The Morgan fingerprint density at radius 1 is 1.18 bits per heavy atom. The van der Waals surface area contributed by atoms with E-state index >= 15 is 0 Å². The van der Waals surface area contributed by atoms with Crippen molar-refractivity contribution in [2.45, 2.75) is 12.8 Å². The molecular formula is C21H24N2O5. The van der Waals surface area contributed by atoms with Gasteiger partial charge in [-0.25, -0.2) is 0 Å². The molecule has 148 valence electrons. The number of anilines is 1. The van der Waals surface area contributed by atoms with E-state index in [9.17, 15) is 14.7 Å². The highest BCUT2D eigenvalue weighted by molar-refractivity contribution is 5.97. The third kappa shape index (κ3) is 4.54. The number of methoxy groups -OCH3 is 2. The van der Waals surface area contributed by atoms with Gasteiger partial charge in [0.05, 0.1) is 20.1 Å². The van der Waals surface area contributed by atoms with Gasteiger partial charge in [-0.2, -0.15) is 0 Å². The summed E-state index contributed by atoms with van der Waals surface area (Å²) in [5.41, 5.74) is 1.54. The van der Waals surface area contributed by atoms with E-state index in [0.29, 0.717) is 36.7 Å². The molecule has 2 aromatic rings. The SMILES string of the molecule is COc1ccc(CCN2C[C@H](C(=O)Nc3cccc(O)c3)CC2=O)cc1OC. The van der Waals surface area contributed by atoms with Gasteiger partial charge in [0.1, 0.15) is 5.75 Å². The molecule has 28 heavy (non-hydrogen) atoms. The molecular weight excluding hydrogens is 360 g/mol. The zero-order chi connectivity index (χ0) is 20.1. The van der Waals surface area contributed by atoms with Crippen molar-refractivity contribution in [1.29, 1.82) is 0 Å². The van der Waals surface area contributed by atoms with Gasteiger partial charge in [0, 0.05) is 31.3 Å². The predicted molar refractivity (Wildman–Crippen MR) is 105 cm³/mol. The van der Waals surface area contributed by atoms with E-state index in [2.05, 4.69) is 5.32 Å². The van der Waals surface area contributed by atoms with Crippen molar-refractivity contribution in [3.63, 3.8) is 0 Å². The summed E-state index contributed by atoms with van der Waals surface area (Å²) in [6.07, 6.45) is 0.851. The maximum Gasteiger partial charge on any atom is 0.229 e. The fraction of sp³-hybridized carbons (Fsp3) is 0.333. The fourth-order valence-electron chi connectivity index (χ4n) is 3.29. The number of ether oxygens (including phenoxy) is 2. The van der Waals surface area contributed by atoms with Gasteiger partial charge in [-0.15, -0.1) is 0 Å². The summed E-state index contributed by atoms with van der Waals surface area (Å²) in [5, 5.41) is 12.3. The van der Waals surface area contributed by atoms with Crippen molar-refractivity contribution >= 4 is 17.5 Å². The third-order valence-corrected chi connectivity index (χ3v) is 4.82. The number of likely N-dealkylation sites (tertiary alicyclic amines) is 1. The standard InChI is InChI=1S/C21H24N2O5/c1-27-18-7-6-14(10-19(18)28-2)8-9-23-13-15(11-20(23)25)21(26)22-16-4-3-5-17(24)12-16/h3-7,10,12,15,24H,8-9,11,13H2,1-2H3,(H,22,26)/t15-/m1/s1. The first-order valence-electron chi connectivity index (χ1n) is 9.08. The Balaban J connectivity index is 1.56. The molecule has 0 aliphatic carbocycles. The van der Waals surface area contributed by atoms with E-state index in [0.717, 1.165) is 5.56 Å². The molecule has 1 aliphatic heterocycles. The average Bonchev–Trinajstić information content (AvgIpc) is 3.07. The van der Waals surface area contributed by atoms with Crippen LogP contribution in [0.2, 0.25) is 0 Å². The second-order valence-electron chi connectivity index (χ2n) is 6.72. The van der Waals surface area contributed by atoms with Crippen LogP contribution in [-0.4, -0.2) is 49.1 Å². The number of benzene rings is 2. The van der Waals surface area contributed by atoms with Gasteiger partial charge >= 0.3 is 0 Å². The molecule has 7 nitrogen and oxygen atoms in total. The number of aromatic hydroxyl groups is 1. The van der Waals surface area contributed by atoms with Gasteiger partial charge in [0.2, 0.25) is 11.8 Å². The Hall–Kier alpha value is -3.22. The van der Waals surface area contributed by atoms with Crippen LogP contribution < -0.4 is 14.8 Å². The number of nitrogens with zero attached hydrogens (tertiary/aromatic N) is 1. The summed E-state index contributed by atoms with van der Waals surface area (Å²) in [5.74, 6) is 0.740. The van der Waals surface area contributed by atoms with Gasteiger partial charge in [0.25, 0.3) is 0 Å². The van der Waals surface area contributed by atoms with Crippen molar-refractivity contribution in [3.8, 4) is 17.2 Å². The molecule has 2 amide bonds. The summed E-state index contributed by atoms with van der Waals surface area (Å²) in [4.78, 5) is 26.5. The van der Waals surface area contributed by atoms with Crippen LogP contribution in [0.5, 0.6) is 17.2 Å². The number of hydrogen-bond donors (Lipinski definition) is 2. The van der Waals surface area contributed by atoms with Gasteiger partial charge in [-0.05, 0) is 36.2 Å². The molecule has 0 aromatic heterocycles. The average molecular weight is 384 g/mol. The largest absolute Gasteiger partial charge is 0.508 e. The van der Waals surface area contributed by atoms with Crippen LogP contribution in [-0.2, 0) is 16.0 Å². The first-order valence-corrected chi connectivity index (χ1v) is 9.08. The normalized spacial score (nSPS) is 16.1. The van der Waals surface area contributed by atoms with Crippen LogP contribution in [0.4, 0.5) is 5.69 Å². The van der Waals surface area contributed by atoms with Crippen LogP contribution in [0.3, 0.4) is 0 Å². The lowest BCUT2D eigenvalue weighted by atomic mass is 10.1. The van der Waals surface area contributed by atoms with Crippen molar-refractivity contribution in [2.24, 2.45) is 5.92 Å². The molecule has 1 atom stereocenters. The summed E-state index contributed by atoms with van der Waals surface area (Å²) >= 11 is 0. The lowest BCUT2D eigenvalue weighted by Crippen LogP contribution is -2.30. The first kappa shape index (κ1) is 19.5. The summed E-state index contributed by atoms with van der Waals surface area (Å²) in [6, 6.07) is 12.0. The van der Waals surface area contributed by atoms with Gasteiger partial charge in [0.15, 0.2) is 11.5 Å². The molecule has 0 radical (unpaired) electrons. The topological polar surface area (TPSA) is 88.1 Å². The molecule has 1 fully saturated rings. The van der Waals surface area contributed by atoms with Crippen LogP contribution in [0.1, 0.15) is 12.0 Å². The van der Waals surface area contributed by atoms with E-state index in [4.69, 9.17) is 9.47 Å². The first-order chi connectivity index (χ1) is 13.5. The minimum Gasteiger partial charge on any atom is -0.508 e. The molecule has 0 spiro atoms. The Kier molecular flexibility index (Phi) is 6.03. The minimum atomic E-state index is -0.403. The summed E-state index contributed by atoms with van der Waals surface area (Å²) in [6.45, 7) is 0.918. The van der Waals surface area contributed by atoms with Crippen molar-refractivity contribution in [3.05, 3.63) is 48.0 Å². The minimum absolute atomic E-state index is 0.0310. The van der Waals surface area contributed by atoms with Crippen LogP contribution >= 0.6 is 0 Å². The Bertz CT molecular complexity index is 868. The van der Waals surface area contributed by atoms with Gasteiger partial charge in [-0.3, -0.25) is 9.59 Å². The monoisotopic (exact) mass is 384 g/mol. The smallest absolute Gasteiger partial charge is 0.229 e. The zero-order valence-electron chi connectivity index (χ0n) is 16.0. The molecule has 2 N–H and O–H groups in total. The lowest BCUT2D eigenvalue weighted by molar-refractivity contribution is -0.128. The Morgan fingerprint density at radius 2 is 1.96 bits per heavy atom. The number of rotatable bonds is 7. The van der Waals surface area contributed by atoms with Crippen LogP contribution in [0.15, 0.2) is 42.5 Å². The lowest BCUT2D eigenvalue weighted by Gasteiger charge is -2.17. The zero-order valence-corrected chi connectivity index (χ0v) is 16.0. The second kappa shape index (κ2) is 8.65. The summed E-state index contributed by atoms with van der Waals surface area (Å²) < 4.78 is 10.5. The van der Waals surface area contributed by atoms with Crippen LogP contribution in [0, 0.1) is 5.92 Å². The van der Waals surface area contributed by atoms with E-state index in [1.807, 2.05) is 18.2 Å². The fourth-order valence-corrected chi connectivity index (χ4v) is 3.29. The van der Waals surface area contributed by atoms with Crippen LogP contribution in [0.25, 0.3) is 0 Å². The number of amides is 2. The van der Waals surface area contributed by atoms with Gasteiger partial charge < -0.3 is 24.8 Å². The maximum atomic E-state index is 12.4. The third-order valence-electron chi connectivity index (χ3n) is 4.82. The molecule has 3 rings (SSSR count). The van der Waals surface area contributed by atoms with Crippen molar-refractivity contribution in [1.82, 2.24) is 4.90 Å². The molecule has 0 bridgehead atoms.